The van der Waals surface area contributed by atoms with E-state index in [0.717, 1.165) is 11.1 Å². The van der Waals surface area contributed by atoms with Gasteiger partial charge in [-0.15, -0.1) is 10.2 Å². The van der Waals surface area contributed by atoms with Gasteiger partial charge in [-0.3, -0.25) is 9.12 Å². The summed E-state index contributed by atoms with van der Waals surface area (Å²) in [5, 5.41) is 7.88. The van der Waals surface area contributed by atoms with Crippen molar-refractivity contribution < 1.29 is 8.42 Å². The maximum Gasteiger partial charge on any atom is 0.265 e. The average molecular weight is 316 g/mol. The zero-order valence-electron chi connectivity index (χ0n) is 12.5. The minimum Gasteiger partial charge on any atom is -0.286 e. The number of rotatable bonds is 3. The predicted molar refractivity (Wildman–Crippen MR) is 84.4 cm³/mol. The number of fused-ring (bicyclic) bond motifs is 1. The molecule has 0 aliphatic rings. The van der Waals surface area contributed by atoms with E-state index in [1.165, 1.54) is 6.07 Å². The highest BCUT2D eigenvalue weighted by Crippen LogP contribution is 2.21. The molecule has 0 saturated carbocycles. The first-order valence-electron chi connectivity index (χ1n) is 6.78. The molecule has 22 heavy (non-hydrogen) atoms. The fourth-order valence-electron chi connectivity index (χ4n) is 2.46. The van der Waals surface area contributed by atoms with E-state index in [1.54, 1.807) is 35.7 Å². The van der Waals surface area contributed by atoms with Crippen molar-refractivity contribution in [3.05, 3.63) is 53.5 Å². The topological polar surface area (TPSA) is 76.4 Å². The van der Waals surface area contributed by atoms with Crippen LogP contribution >= 0.6 is 0 Å². The molecule has 1 N–H and O–H groups in total. The molecule has 6 nitrogen and oxygen atoms in total. The van der Waals surface area contributed by atoms with E-state index >= 15 is 0 Å². The summed E-state index contributed by atoms with van der Waals surface area (Å²) in [6.07, 6.45) is 1.74. The van der Waals surface area contributed by atoms with E-state index in [9.17, 15) is 8.42 Å². The highest BCUT2D eigenvalue weighted by Gasteiger charge is 2.20. The lowest BCUT2D eigenvalue weighted by molar-refractivity contribution is 0.601. The molecular weight excluding hydrogens is 300 g/mol. The second-order valence-electron chi connectivity index (χ2n) is 5.30. The first-order chi connectivity index (χ1) is 10.4. The van der Waals surface area contributed by atoms with Gasteiger partial charge in [0.25, 0.3) is 10.0 Å². The summed E-state index contributed by atoms with van der Waals surface area (Å²) in [4.78, 5) is 0.106. The first-order valence-corrected chi connectivity index (χ1v) is 8.26. The number of nitrogens with zero attached hydrogens (tertiary/aromatic N) is 3. The predicted octanol–water partition coefficient (Wildman–Crippen LogP) is 2.46. The van der Waals surface area contributed by atoms with Crippen molar-refractivity contribution in [2.75, 3.05) is 4.72 Å². The molecule has 0 fully saturated rings. The Morgan fingerprint density at radius 3 is 2.41 bits per heavy atom. The summed E-state index contributed by atoms with van der Waals surface area (Å²) in [7, 11) is -3.73. The van der Waals surface area contributed by atoms with Crippen LogP contribution < -0.4 is 4.72 Å². The molecule has 3 rings (SSSR count). The molecule has 0 unspecified atom stereocenters. The third-order valence-corrected chi connectivity index (χ3v) is 4.73. The van der Waals surface area contributed by atoms with Crippen LogP contribution in [0.15, 0.2) is 41.4 Å². The largest absolute Gasteiger partial charge is 0.286 e. The highest BCUT2D eigenvalue weighted by molar-refractivity contribution is 7.93. The van der Waals surface area contributed by atoms with E-state index < -0.39 is 10.0 Å². The van der Waals surface area contributed by atoms with E-state index in [4.69, 9.17) is 0 Å². The Labute approximate surface area is 128 Å². The molecule has 2 aromatic heterocycles. The molecule has 0 bridgehead atoms. The lowest BCUT2D eigenvalue weighted by Gasteiger charge is -2.10. The number of hydrogen-bond donors (Lipinski definition) is 1. The fraction of sp³-hybridized carbons (Fsp3) is 0.200. The van der Waals surface area contributed by atoms with Gasteiger partial charge in [-0.25, -0.2) is 8.42 Å². The smallest absolute Gasteiger partial charge is 0.265 e. The lowest BCUT2D eigenvalue weighted by atomic mass is 10.1. The molecule has 7 heteroatoms. The van der Waals surface area contributed by atoms with Crippen LogP contribution in [0.25, 0.3) is 5.65 Å². The van der Waals surface area contributed by atoms with Crippen LogP contribution in [-0.2, 0) is 10.0 Å². The molecule has 2 heterocycles. The van der Waals surface area contributed by atoms with Gasteiger partial charge in [0.15, 0.2) is 5.65 Å². The number of nitrogens with one attached hydrogen (secondary N) is 1. The minimum absolute atomic E-state index is 0.106. The van der Waals surface area contributed by atoms with Crippen molar-refractivity contribution in [1.29, 1.82) is 0 Å². The fourth-order valence-corrected chi connectivity index (χ4v) is 3.64. The van der Waals surface area contributed by atoms with Gasteiger partial charge >= 0.3 is 0 Å². The van der Waals surface area contributed by atoms with Gasteiger partial charge in [-0.2, -0.15) is 0 Å². The second-order valence-corrected chi connectivity index (χ2v) is 6.95. The first kappa shape index (κ1) is 14.5. The van der Waals surface area contributed by atoms with Crippen molar-refractivity contribution in [2.24, 2.45) is 0 Å². The Hall–Kier alpha value is -2.41. The van der Waals surface area contributed by atoms with E-state index in [2.05, 4.69) is 14.9 Å². The maximum atomic E-state index is 12.7. The summed E-state index contributed by atoms with van der Waals surface area (Å²) in [5.74, 6) is 0.637. The van der Waals surface area contributed by atoms with Gasteiger partial charge < -0.3 is 0 Å². The van der Waals surface area contributed by atoms with Gasteiger partial charge in [-0.1, -0.05) is 6.07 Å². The van der Waals surface area contributed by atoms with E-state index in [1.807, 2.05) is 19.9 Å². The number of aryl methyl sites for hydroxylation is 3. The number of anilines is 1. The van der Waals surface area contributed by atoms with Crippen molar-refractivity contribution in [3.63, 3.8) is 0 Å². The van der Waals surface area contributed by atoms with Crippen LogP contribution in [0.4, 0.5) is 5.69 Å². The quantitative estimate of drug-likeness (QED) is 0.805. The van der Waals surface area contributed by atoms with Gasteiger partial charge in [0.1, 0.15) is 10.7 Å². The lowest BCUT2D eigenvalue weighted by Crippen LogP contribution is -2.14. The monoisotopic (exact) mass is 316 g/mol. The second kappa shape index (κ2) is 5.10. The Morgan fingerprint density at radius 2 is 1.73 bits per heavy atom. The molecular formula is C15H16N4O2S. The SMILES string of the molecule is Cc1cc(C)cc(NS(=O)(=O)c2cccn3c(C)nnc23)c1. The summed E-state index contributed by atoms with van der Waals surface area (Å²) in [6.45, 7) is 5.62. The molecule has 0 spiro atoms. The van der Waals surface area contributed by atoms with Crippen LogP contribution in [0.3, 0.4) is 0 Å². The van der Waals surface area contributed by atoms with Crippen LogP contribution in [-0.4, -0.2) is 23.0 Å². The molecule has 0 radical (unpaired) electrons. The normalized spacial score (nSPS) is 11.8. The Morgan fingerprint density at radius 1 is 1.05 bits per heavy atom. The van der Waals surface area contributed by atoms with Crippen LogP contribution in [0.2, 0.25) is 0 Å². The van der Waals surface area contributed by atoms with Crippen molar-refractivity contribution >= 4 is 21.4 Å². The summed E-state index contributed by atoms with van der Waals surface area (Å²) in [6, 6.07) is 8.76. The molecule has 0 aliphatic heterocycles. The Bertz CT molecular complexity index is 941. The third kappa shape index (κ3) is 2.55. The van der Waals surface area contributed by atoms with Crippen LogP contribution in [0.1, 0.15) is 17.0 Å². The molecule has 0 aliphatic carbocycles. The van der Waals surface area contributed by atoms with Gasteiger partial charge in [0.2, 0.25) is 0 Å². The van der Waals surface area contributed by atoms with Gasteiger partial charge in [0.05, 0.1) is 0 Å². The Balaban J connectivity index is 2.08. The Kier molecular flexibility index (Phi) is 3.37. The molecule has 0 saturated heterocycles. The molecule has 114 valence electrons. The molecule has 0 atom stereocenters. The standard InChI is InChI=1S/C15H16N4O2S/c1-10-7-11(2)9-13(8-10)18-22(20,21)14-5-4-6-19-12(3)16-17-15(14)19/h4-9,18H,1-3H3. The summed E-state index contributed by atoms with van der Waals surface area (Å²) < 4.78 is 29.6. The van der Waals surface area contributed by atoms with Crippen molar-refractivity contribution in [1.82, 2.24) is 14.6 Å². The van der Waals surface area contributed by atoms with Gasteiger partial charge in [-0.05, 0) is 56.2 Å². The van der Waals surface area contributed by atoms with E-state index in [0.29, 0.717) is 17.2 Å². The van der Waals surface area contributed by atoms with E-state index in [-0.39, 0.29) is 4.90 Å². The highest BCUT2D eigenvalue weighted by atomic mass is 32.2. The number of sulfonamides is 1. The van der Waals surface area contributed by atoms with Crippen molar-refractivity contribution in [2.45, 2.75) is 25.7 Å². The maximum absolute atomic E-state index is 12.7. The van der Waals surface area contributed by atoms with Crippen LogP contribution in [0, 0.1) is 20.8 Å². The summed E-state index contributed by atoms with van der Waals surface area (Å²) in [5.41, 5.74) is 2.84. The van der Waals surface area contributed by atoms with Gasteiger partial charge in [0, 0.05) is 11.9 Å². The number of pyridine rings is 1. The number of benzene rings is 1. The summed E-state index contributed by atoms with van der Waals surface area (Å²) >= 11 is 0. The average Bonchev–Trinajstić information content (AvgIpc) is 2.79. The number of aromatic nitrogens is 3. The molecule has 3 aromatic rings. The van der Waals surface area contributed by atoms with Crippen LogP contribution in [0.5, 0.6) is 0 Å². The third-order valence-electron chi connectivity index (χ3n) is 3.33. The molecule has 1 aromatic carbocycles. The van der Waals surface area contributed by atoms with Crippen molar-refractivity contribution in [3.8, 4) is 0 Å². The number of hydrogen-bond acceptors (Lipinski definition) is 4. The zero-order chi connectivity index (χ0) is 15.9. The minimum atomic E-state index is -3.73. The zero-order valence-corrected chi connectivity index (χ0v) is 13.3. The molecule has 0 amide bonds.